The van der Waals surface area contributed by atoms with Gasteiger partial charge in [-0.05, 0) is 32.6 Å². The number of nitrogens with zero attached hydrogens (tertiary/aromatic N) is 1. The van der Waals surface area contributed by atoms with Gasteiger partial charge in [0.2, 0.25) is 0 Å². The van der Waals surface area contributed by atoms with Crippen molar-refractivity contribution < 1.29 is 0 Å². The van der Waals surface area contributed by atoms with Gasteiger partial charge in [-0.2, -0.15) is 0 Å². The molecule has 1 aliphatic carbocycles. The highest BCUT2D eigenvalue weighted by molar-refractivity contribution is 5.76. The summed E-state index contributed by atoms with van der Waals surface area (Å²) in [6.07, 6.45) is 2.54. The van der Waals surface area contributed by atoms with Crippen molar-refractivity contribution in [2.45, 2.75) is 32.2 Å². The third-order valence-corrected chi connectivity index (χ3v) is 1.99. The van der Waals surface area contributed by atoms with Crippen LogP contribution in [-0.2, 0) is 0 Å². The van der Waals surface area contributed by atoms with E-state index in [1.54, 1.807) is 0 Å². The van der Waals surface area contributed by atoms with Crippen molar-refractivity contribution in [2.24, 2.45) is 22.4 Å². The van der Waals surface area contributed by atoms with Crippen molar-refractivity contribution in [3.8, 4) is 0 Å². The predicted molar refractivity (Wildman–Crippen MR) is 42.6 cm³/mol. The minimum atomic E-state index is -0.0289. The zero-order chi connectivity index (χ0) is 7.78. The van der Waals surface area contributed by atoms with Crippen LogP contribution in [0.4, 0.5) is 0 Å². The third kappa shape index (κ3) is 1.62. The summed E-state index contributed by atoms with van der Waals surface area (Å²) in [5, 5.41) is 0. The van der Waals surface area contributed by atoms with Crippen molar-refractivity contribution in [2.75, 3.05) is 0 Å². The molecule has 58 valence electrons. The average Bonchev–Trinajstić information content (AvgIpc) is 2.35. The molecule has 0 aromatic heterocycles. The summed E-state index contributed by atoms with van der Waals surface area (Å²) in [4.78, 5) is 4.14. The van der Waals surface area contributed by atoms with Gasteiger partial charge in [-0.15, -0.1) is 0 Å². The summed E-state index contributed by atoms with van der Waals surface area (Å²) >= 11 is 0. The molecule has 4 N–H and O–H groups in total. The van der Waals surface area contributed by atoms with E-state index in [0.29, 0.717) is 5.92 Å². The number of rotatable bonds is 2. The minimum absolute atomic E-state index is 0.0289. The van der Waals surface area contributed by atoms with Crippen molar-refractivity contribution in [1.29, 1.82) is 0 Å². The number of nitrogens with two attached hydrogens (primary N) is 2. The van der Waals surface area contributed by atoms with Crippen LogP contribution >= 0.6 is 0 Å². The summed E-state index contributed by atoms with van der Waals surface area (Å²) < 4.78 is 0. The van der Waals surface area contributed by atoms with Crippen molar-refractivity contribution in [1.82, 2.24) is 0 Å². The maximum absolute atomic E-state index is 5.27. The molecule has 1 fully saturated rings. The number of aliphatic imine (C=N–C) groups is 1. The van der Waals surface area contributed by atoms with Gasteiger partial charge in [-0.3, -0.25) is 0 Å². The fourth-order valence-corrected chi connectivity index (χ4v) is 1.21. The topological polar surface area (TPSA) is 64.4 Å². The Balaban J connectivity index is 2.58. The predicted octanol–water partition coefficient (Wildman–Crippen LogP) is 0.448. The highest BCUT2D eigenvalue weighted by Gasteiger charge is 2.37. The van der Waals surface area contributed by atoms with Crippen LogP contribution in [0, 0.1) is 5.92 Å². The van der Waals surface area contributed by atoms with Gasteiger partial charge in [-0.1, -0.05) is 0 Å². The van der Waals surface area contributed by atoms with Crippen LogP contribution < -0.4 is 11.5 Å². The van der Waals surface area contributed by atoms with E-state index in [-0.39, 0.29) is 11.5 Å². The number of hydrogen-bond donors (Lipinski definition) is 2. The fourth-order valence-electron chi connectivity index (χ4n) is 1.21. The maximum atomic E-state index is 5.27. The first-order valence-electron chi connectivity index (χ1n) is 3.63. The number of guanidine groups is 1. The zero-order valence-corrected chi connectivity index (χ0v) is 6.59. The van der Waals surface area contributed by atoms with Crippen LogP contribution in [0.3, 0.4) is 0 Å². The van der Waals surface area contributed by atoms with Gasteiger partial charge in [0.1, 0.15) is 0 Å². The Morgan fingerprint density at radius 1 is 1.40 bits per heavy atom. The molecular weight excluding hydrogens is 126 g/mol. The van der Waals surface area contributed by atoms with E-state index in [9.17, 15) is 0 Å². The van der Waals surface area contributed by atoms with Gasteiger partial charge in [0, 0.05) is 0 Å². The smallest absolute Gasteiger partial charge is 0.186 e. The lowest BCUT2D eigenvalue weighted by Gasteiger charge is -2.18. The van der Waals surface area contributed by atoms with Gasteiger partial charge < -0.3 is 11.5 Å². The molecule has 0 spiro atoms. The minimum Gasteiger partial charge on any atom is -0.370 e. The second-order valence-corrected chi connectivity index (χ2v) is 3.46. The molecule has 3 heteroatoms. The monoisotopic (exact) mass is 141 g/mol. The van der Waals surface area contributed by atoms with Crippen LogP contribution in [0.15, 0.2) is 4.99 Å². The SMILES string of the molecule is CC(C)(N=C(N)N)C1CC1. The Morgan fingerprint density at radius 2 is 1.90 bits per heavy atom. The van der Waals surface area contributed by atoms with E-state index in [2.05, 4.69) is 18.8 Å². The second kappa shape index (κ2) is 2.15. The molecule has 0 aliphatic heterocycles. The van der Waals surface area contributed by atoms with E-state index in [1.807, 2.05) is 0 Å². The Morgan fingerprint density at radius 3 is 2.20 bits per heavy atom. The quantitative estimate of drug-likeness (QED) is 0.433. The summed E-state index contributed by atoms with van der Waals surface area (Å²) in [6, 6.07) is 0. The average molecular weight is 141 g/mol. The molecule has 0 atom stereocenters. The third-order valence-electron chi connectivity index (χ3n) is 1.99. The maximum Gasteiger partial charge on any atom is 0.186 e. The first-order valence-corrected chi connectivity index (χ1v) is 3.63. The van der Waals surface area contributed by atoms with E-state index in [1.165, 1.54) is 12.8 Å². The highest BCUT2D eigenvalue weighted by atomic mass is 15.0. The molecule has 1 aliphatic rings. The van der Waals surface area contributed by atoms with E-state index in [4.69, 9.17) is 11.5 Å². The summed E-state index contributed by atoms with van der Waals surface area (Å²) in [6.45, 7) is 4.15. The lowest BCUT2D eigenvalue weighted by atomic mass is 10.0. The first-order chi connectivity index (χ1) is 4.52. The Hall–Kier alpha value is -0.730. The standard InChI is InChI=1S/C7H15N3/c1-7(2,5-3-4-5)10-6(8)9/h5H,3-4H2,1-2H3,(H4,8,9,10). The van der Waals surface area contributed by atoms with Gasteiger partial charge in [0.05, 0.1) is 5.54 Å². The summed E-state index contributed by atoms with van der Waals surface area (Å²) in [7, 11) is 0. The van der Waals surface area contributed by atoms with Crippen LogP contribution in [0.25, 0.3) is 0 Å². The lowest BCUT2D eigenvalue weighted by Crippen LogP contribution is -2.30. The Labute approximate surface area is 61.5 Å². The van der Waals surface area contributed by atoms with E-state index < -0.39 is 0 Å². The lowest BCUT2D eigenvalue weighted by molar-refractivity contribution is 0.455. The zero-order valence-electron chi connectivity index (χ0n) is 6.59. The fraction of sp³-hybridized carbons (Fsp3) is 0.857. The molecule has 0 amide bonds. The molecule has 0 unspecified atom stereocenters. The molecule has 1 rings (SSSR count). The molecule has 10 heavy (non-hydrogen) atoms. The largest absolute Gasteiger partial charge is 0.370 e. The van der Waals surface area contributed by atoms with Gasteiger partial charge in [0.25, 0.3) is 0 Å². The highest BCUT2D eigenvalue weighted by Crippen LogP contribution is 2.41. The summed E-state index contributed by atoms with van der Waals surface area (Å²) in [5.41, 5.74) is 10.5. The van der Waals surface area contributed by atoms with Crippen LogP contribution in [0.2, 0.25) is 0 Å². The van der Waals surface area contributed by atoms with Crippen molar-refractivity contribution in [3.63, 3.8) is 0 Å². The molecule has 0 heterocycles. The molecule has 3 nitrogen and oxygen atoms in total. The van der Waals surface area contributed by atoms with Gasteiger partial charge in [-0.25, -0.2) is 4.99 Å². The van der Waals surface area contributed by atoms with E-state index >= 15 is 0 Å². The van der Waals surface area contributed by atoms with Gasteiger partial charge >= 0.3 is 0 Å². The van der Waals surface area contributed by atoms with Crippen molar-refractivity contribution >= 4 is 5.96 Å². The first kappa shape index (κ1) is 7.38. The van der Waals surface area contributed by atoms with Crippen LogP contribution in [0.1, 0.15) is 26.7 Å². The molecule has 0 radical (unpaired) electrons. The van der Waals surface area contributed by atoms with E-state index in [0.717, 1.165) is 0 Å². The van der Waals surface area contributed by atoms with Crippen molar-refractivity contribution in [3.05, 3.63) is 0 Å². The molecular formula is C7H15N3. The molecule has 0 aromatic rings. The molecule has 0 saturated heterocycles. The van der Waals surface area contributed by atoms with Crippen LogP contribution in [0.5, 0.6) is 0 Å². The van der Waals surface area contributed by atoms with Crippen LogP contribution in [-0.4, -0.2) is 11.5 Å². The number of hydrogen-bond acceptors (Lipinski definition) is 1. The molecule has 0 bridgehead atoms. The summed E-state index contributed by atoms with van der Waals surface area (Å²) in [5.74, 6) is 0.909. The van der Waals surface area contributed by atoms with Gasteiger partial charge in [0.15, 0.2) is 5.96 Å². The Bertz CT molecular complexity index is 152. The normalized spacial score (nSPS) is 18.6. The Kier molecular flexibility index (Phi) is 1.58. The second-order valence-electron chi connectivity index (χ2n) is 3.46. The molecule has 0 aromatic carbocycles. The molecule has 1 saturated carbocycles.